The van der Waals surface area contributed by atoms with Gasteiger partial charge in [-0.2, -0.15) is 0 Å². The zero-order valence-electron chi connectivity index (χ0n) is 24.8. The number of thioether (sulfide) groups is 1. The summed E-state index contributed by atoms with van der Waals surface area (Å²) < 4.78 is 7.50. The number of nitrogens with two attached hydrogens (primary N) is 1. The van der Waals surface area contributed by atoms with Gasteiger partial charge in [0.1, 0.15) is 11.6 Å². The Bertz CT molecular complexity index is 1690. The van der Waals surface area contributed by atoms with Crippen molar-refractivity contribution in [2.75, 3.05) is 25.4 Å². The van der Waals surface area contributed by atoms with Crippen molar-refractivity contribution in [2.24, 2.45) is 5.73 Å². The van der Waals surface area contributed by atoms with Crippen molar-refractivity contribution in [3.05, 3.63) is 78.1 Å². The van der Waals surface area contributed by atoms with Gasteiger partial charge < -0.3 is 25.3 Å². The maximum atomic E-state index is 13.4. The van der Waals surface area contributed by atoms with E-state index in [4.69, 9.17) is 15.5 Å². The van der Waals surface area contributed by atoms with Crippen LogP contribution in [0.3, 0.4) is 0 Å². The number of carbonyl (C=O) groups is 3. The molecule has 2 aliphatic heterocycles. The van der Waals surface area contributed by atoms with Gasteiger partial charge in [-0.05, 0) is 60.2 Å². The van der Waals surface area contributed by atoms with E-state index in [1.54, 1.807) is 0 Å². The van der Waals surface area contributed by atoms with E-state index in [-0.39, 0.29) is 36.2 Å². The number of hydrogen-bond donors (Lipinski definition) is 2. The number of para-hydroxylation sites is 2. The molecular formula is C34H37N5O4S. The lowest BCUT2D eigenvalue weighted by atomic mass is 9.95. The first-order chi connectivity index (χ1) is 21.3. The zero-order chi connectivity index (χ0) is 30.6. The van der Waals surface area contributed by atoms with Gasteiger partial charge in [0.05, 0.1) is 21.7 Å². The Hall–Kier alpha value is -4.15. The van der Waals surface area contributed by atoms with Gasteiger partial charge in [-0.15, -0.1) is 11.8 Å². The highest BCUT2D eigenvalue weighted by atomic mass is 32.2. The Kier molecular flexibility index (Phi) is 8.99. The number of rotatable bonds is 9. The third-order valence-corrected chi connectivity index (χ3v) is 9.28. The highest BCUT2D eigenvalue weighted by molar-refractivity contribution is 8.00. The third-order valence-electron chi connectivity index (χ3n) is 8.27. The SMILES string of the molecule is CC(=O)NCCn1c([C@@H]2CCCN(C(=O)C[C@H](N)Cc3ccc(-c4ccc5c(c4)SCC(=O)O5)cc3)C2)nc2ccccc21. The number of ether oxygens (including phenoxy) is 1. The predicted molar refractivity (Wildman–Crippen MR) is 172 cm³/mol. The van der Waals surface area contributed by atoms with E-state index in [0.717, 1.165) is 57.8 Å². The van der Waals surface area contributed by atoms with Crippen LogP contribution in [0.1, 0.15) is 43.5 Å². The largest absolute Gasteiger partial charge is 0.425 e. The standard InChI is InChI=1S/C34H37N5O4S/c1-22(40)36-14-16-39-29-7-3-2-6-28(29)37-34(39)26-5-4-15-38(20-26)32(41)19-27(35)17-23-8-10-24(11-9-23)25-12-13-30-31(18-25)44-21-33(42)43-30/h2-3,6-13,18,26-27H,4-5,14-17,19-21,35H2,1H3,(H,36,40)/t26-,27-/m1/s1. The summed E-state index contributed by atoms with van der Waals surface area (Å²) in [5, 5.41) is 2.89. The smallest absolute Gasteiger partial charge is 0.321 e. The molecule has 44 heavy (non-hydrogen) atoms. The fraction of sp³-hybridized carbons (Fsp3) is 0.353. The molecular weight excluding hydrogens is 574 g/mol. The lowest BCUT2D eigenvalue weighted by molar-refractivity contribution is -0.133. The number of aromatic nitrogens is 2. The van der Waals surface area contributed by atoms with Crippen molar-refractivity contribution < 1.29 is 19.1 Å². The summed E-state index contributed by atoms with van der Waals surface area (Å²) in [5.74, 6) is 1.83. The van der Waals surface area contributed by atoms with Crippen molar-refractivity contribution in [1.82, 2.24) is 19.8 Å². The molecule has 2 atom stereocenters. The topological polar surface area (TPSA) is 120 Å². The number of likely N-dealkylation sites (tertiary alicyclic amines) is 1. The summed E-state index contributed by atoms with van der Waals surface area (Å²) in [5.41, 5.74) is 11.7. The predicted octanol–water partition coefficient (Wildman–Crippen LogP) is 4.52. The molecule has 3 aromatic carbocycles. The van der Waals surface area contributed by atoms with Crippen LogP contribution in [0.2, 0.25) is 0 Å². The number of benzene rings is 3. The number of nitrogens with zero attached hydrogens (tertiary/aromatic N) is 3. The van der Waals surface area contributed by atoms with Crippen LogP contribution in [0, 0.1) is 0 Å². The van der Waals surface area contributed by atoms with Crippen LogP contribution >= 0.6 is 11.8 Å². The molecule has 3 heterocycles. The Morgan fingerprint density at radius 1 is 1.11 bits per heavy atom. The van der Waals surface area contributed by atoms with E-state index in [1.165, 1.54) is 18.7 Å². The highest BCUT2D eigenvalue weighted by Crippen LogP contribution is 2.37. The second-order valence-electron chi connectivity index (χ2n) is 11.6. The van der Waals surface area contributed by atoms with Gasteiger partial charge in [0.25, 0.3) is 0 Å². The Morgan fingerprint density at radius 3 is 2.73 bits per heavy atom. The molecule has 4 aromatic rings. The number of piperidine rings is 1. The van der Waals surface area contributed by atoms with E-state index in [9.17, 15) is 14.4 Å². The van der Waals surface area contributed by atoms with Gasteiger partial charge in [-0.1, -0.05) is 42.5 Å². The quantitative estimate of drug-likeness (QED) is 0.211. The summed E-state index contributed by atoms with van der Waals surface area (Å²) in [7, 11) is 0. The molecule has 6 rings (SSSR count). The van der Waals surface area contributed by atoms with Crippen molar-refractivity contribution in [3.63, 3.8) is 0 Å². The zero-order valence-corrected chi connectivity index (χ0v) is 25.6. The monoisotopic (exact) mass is 611 g/mol. The van der Waals surface area contributed by atoms with Crippen LogP contribution < -0.4 is 15.8 Å². The molecule has 0 bridgehead atoms. The first-order valence-electron chi connectivity index (χ1n) is 15.1. The number of carbonyl (C=O) groups excluding carboxylic acids is 3. The summed E-state index contributed by atoms with van der Waals surface area (Å²) in [6.45, 7) is 4.01. The first kappa shape index (κ1) is 29.9. The van der Waals surface area contributed by atoms with Crippen molar-refractivity contribution in [3.8, 4) is 16.9 Å². The van der Waals surface area contributed by atoms with Gasteiger partial charge in [0, 0.05) is 51.5 Å². The number of nitrogens with one attached hydrogen (secondary N) is 1. The van der Waals surface area contributed by atoms with Crippen LogP contribution in [0.4, 0.5) is 0 Å². The van der Waals surface area contributed by atoms with E-state index in [0.29, 0.717) is 37.6 Å². The minimum atomic E-state index is -0.286. The molecule has 1 saturated heterocycles. The van der Waals surface area contributed by atoms with Crippen molar-refractivity contribution >= 4 is 40.6 Å². The molecule has 0 spiro atoms. The molecule has 9 nitrogen and oxygen atoms in total. The summed E-state index contributed by atoms with van der Waals surface area (Å²) in [6, 6.07) is 21.9. The van der Waals surface area contributed by atoms with Crippen LogP contribution in [0.25, 0.3) is 22.2 Å². The molecule has 2 amide bonds. The van der Waals surface area contributed by atoms with Gasteiger partial charge >= 0.3 is 5.97 Å². The fourth-order valence-electron chi connectivity index (χ4n) is 6.13. The van der Waals surface area contributed by atoms with Gasteiger partial charge in [-0.3, -0.25) is 14.4 Å². The minimum Gasteiger partial charge on any atom is -0.425 e. The molecule has 228 valence electrons. The molecule has 1 fully saturated rings. The Balaban J connectivity index is 1.07. The maximum absolute atomic E-state index is 13.4. The maximum Gasteiger partial charge on any atom is 0.321 e. The number of hydrogen-bond acceptors (Lipinski definition) is 7. The number of esters is 1. The van der Waals surface area contributed by atoms with Crippen LogP contribution in [0.5, 0.6) is 5.75 Å². The summed E-state index contributed by atoms with van der Waals surface area (Å²) >= 11 is 1.49. The molecule has 3 N–H and O–H groups in total. The molecule has 2 aliphatic rings. The van der Waals surface area contributed by atoms with Gasteiger partial charge in [-0.25, -0.2) is 4.98 Å². The molecule has 0 radical (unpaired) electrons. The number of amides is 2. The lowest BCUT2D eigenvalue weighted by Gasteiger charge is -2.33. The van der Waals surface area contributed by atoms with E-state index in [1.807, 2.05) is 35.2 Å². The van der Waals surface area contributed by atoms with Crippen LogP contribution in [0.15, 0.2) is 71.6 Å². The van der Waals surface area contributed by atoms with Crippen molar-refractivity contribution in [2.45, 2.75) is 56.0 Å². The molecule has 0 aliphatic carbocycles. The molecule has 0 unspecified atom stereocenters. The van der Waals surface area contributed by atoms with Crippen molar-refractivity contribution in [1.29, 1.82) is 0 Å². The molecule has 10 heteroatoms. The first-order valence-corrected chi connectivity index (χ1v) is 16.1. The number of imidazole rings is 1. The Labute approximate surface area is 261 Å². The summed E-state index contributed by atoms with van der Waals surface area (Å²) in [4.78, 5) is 44.3. The average Bonchev–Trinajstić information content (AvgIpc) is 3.39. The second-order valence-corrected chi connectivity index (χ2v) is 12.6. The van der Waals surface area contributed by atoms with Crippen LogP contribution in [-0.2, 0) is 27.3 Å². The molecule has 1 aromatic heterocycles. The normalized spacial score (nSPS) is 17.2. The van der Waals surface area contributed by atoms with Gasteiger partial charge in [0.2, 0.25) is 11.8 Å². The van der Waals surface area contributed by atoms with E-state index < -0.39 is 0 Å². The Morgan fingerprint density at radius 2 is 1.91 bits per heavy atom. The average molecular weight is 612 g/mol. The highest BCUT2D eigenvalue weighted by Gasteiger charge is 2.29. The minimum absolute atomic E-state index is 0.0542. The van der Waals surface area contributed by atoms with Gasteiger partial charge in [0.15, 0.2) is 0 Å². The summed E-state index contributed by atoms with van der Waals surface area (Å²) in [6.07, 6.45) is 2.76. The third kappa shape index (κ3) is 6.81. The lowest BCUT2D eigenvalue weighted by Crippen LogP contribution is -2.42. The van der Waals surface area contributed by atoms with E-state index in [2.05, 4.69) is 46.3 Å². The van der Waals surface area contributed by atoms with Crippen LogP contribution in [-0.4, -0.2) is 63.7 Å². The fourth-order valence-corrected chi connectivity index (χ4v) is 6.93. The molecule has 0 saturated carbocycles. The second kappa shape index (κ2) is 13.2. The van der Waals surface area contributed by atoms with E-state index >= 15 is 0 Å². The number of fused-ring (bicyclic) bond motifs is 2.